The van der Waals surface area contributed by atoms with Crippen LogP contribution in [0.5, 0.6) is 0 Å². The molecule has 1 amide bonds. The highest BCUT2D eigenvalue weighted by molar-refractivity contribution is 6.30. The molecule has 2 fully saturated rings. The van der Waals surface area contributed by atoms with Crippen molar-refractivity contribution < 1.29 is 9.21 Å². The molecule has 0 atom stereocenters. The normalized spacial score (nSPS) is 19.7. The van der Waals surface area contributed by atoms with Crippen molar-refractivity contribution in [3.05, 3.63) is 65.0 Å². The summed E-state index contributed by atoms with van der Waals surface area (Å²) in [6.07, 6.45) is 5.86. The Kier molecular flexibility index (Phi) is 4.83. The predicted octanol–water partition coefficient (Wildman–Crippen LogP) is 5.70. The van der Waals surface area contributed by atoms with E-state index in [1.54, 1.807) is 0 Å². The monoisotopic (exact) mass is 408 g/mol. The van der Waals surface area contributed by atoms with E-state index in [0.29, 0.717) is 5.02 Å². The molecule has 2 aromatic carbocycles. The first kappa shape index (κ1) is 18.7. The maximum absolute atomic E-state index is 13.6. The van der Waals surface area contributed by atoms with Crippen molar-refractivity contribution in [1.29, 1.82) is 0 Å². The topological polar surface area (TPSA) is 46.3 Å². The summed E-state index contributed by atoms with van der Waals surface area (Å²) in [6, 6.07) is 15.8. The van der Waals surface area contributed by atoms with Crippen LogP contribution in [0.3, 0.4) is 0 Å². The molecule has 1 aromatic heterocycles. The van der Waals surface area contributed by atoms with Gasteiger partial charge in [0.15, 0.2) is 11.5 Å². The summed E-state index contributed by atoms with van der Waals surface area (Å²) >= 11 is 6.09. The summed E-state index contributed by atoms with van der Waals surface area (Å²) in [5, 5.41) is 0.716. The molecule has 150 valence electrons. The van der Waals surface area contributed by atoms with Gasteiger partial charge in [0.2, 0.25) is 5.91 Å². The van der Waals surface area contributed by atoms with Crippen LogP contribution in [0.1, 0.15) is 55.9 Å². The Morgan fingerprint density at radius 1 is 1.03 bits per heavy atom. The smallest absolute Gasteiger partial charge is 0.233 e. The summed E-state index contributed by atoms with van der Waals surface area (Å²) in [4.78, 5) is 20.4. The number of aromatic nitrogens is 1. The number of benzene rings is 2. The minimum Gasteiger partial charge on any atom is -0.440 e. The third kappa shape index (κ3) is 3.33. The first-order chi connectivity index (χ1) is 14.2. The summed E-state index contributed by atoms with van der Waals surface area (Å²) in [5.74, 6) is 1.38. The standard InChI is InChI=1S/C24H25ClN2O2/c25-19-9-7-18(8-10-19)24(13-3-4-14-24)23(28)27-15-11-17(12-16-27)22-26-20-5-1-2-6-21(20)29-22/h1-2,5-10,17H,3-4,11-16H2. The minimum atomic E-state index is -0.380. The molecule has 1 aliphatic carbocycles. The number of rotatable bonds is 3. The van der Waals surface area contributed by atoms with E-state index in [9.17, 15) is 4.79 Å². The second-order valence-corrected chi connectivity index (χ2v) is 8.82. The number of carbonyl (C=O) groups excluding carboxylic acids is 1. The van der Waals surface area contributed by atoms with Crippen molar-refractivity contribution in [2.75, 3.05) is 13.1 Å². The van der Waals surface area contributed by atoms with Gasteiger partial charge in [-0.25, -0.2) is 4.98 Å². The highest BCUT2D eigenvalue weighted by atomic mass is 35.5. The van der Waals surface area contributed by atoms with E-state index < -0.39 is 0 Å². The van der Waals surface area contributed by atoms with E-state index in [0.717, 1.165) is 74.2 Å². The predicted molar refractivity (Wildman–Crippen MR) is 114 cm³/mol. The first-order valence-corrected chi connectivity index (χ1v) is 10.9. The quantitative estimate of drug-likeness (QED) is 0.558. The number of likely N-dealkylation sites (tertiary alicyclic amines) is 1. The van der Waals surface area contributed by atoms with Crippen LogP contribution in [0, 0.1) is 0 Å². The molecule has 0 N–H and O–H groups in total. The van der Waals surface area contributed by atoms with E-state index in [4.69, 9.17) is 16.0 Å². The molecule has 5 heteroatoms. The molecular weight excluding hydrogens is 384 g/mol. The summed E-state index contributed by atoms with van der Waals surface area (Å²) in [7, 11) is 0. The number of hydrogen-bond donors (Lipinski definition) is 0. The average Bonchev–Trinajstić information content (AvgIpc) is 3.42. The first-order valence-electron chi connectivity index (χ1n) is 10.6. The Morgan fingerprint density at radius 3 is 2.41 bits per heavy atom. The van der Waals surface area contributed by atoms with Gasteiger partial charge < -0.3 is 9.32 Å². The molecule has 4 nitrogen and oxygen atoms in total. The Balaban J connectivity index is 1.32. The van der Waals surface area contributed by atoms with Crippen LogP contribution < -0.4 is 0 Å². The fourth-order valence-corrected chi connectivity index (χ4v) is 5.20. The van der Waals surface area contributed by atoms with Gasteiger partial charge >= 0.3 is 0 Å². The van der Waals surface area contributed by atoms with Crippen molar-refractivity contribution in [3.63, 3.8) is 0 Å². The fourth-order valence-electron chi connectivity index (χ4n) is 5.07. The van der Waals surface area contributed by atoms with E-state index >= 15 is 0 Å². The van der Waals surface area contributed by atoms with Crippen LogP contribution in [-0.4, -0.2) is 28.9 Å². The van der Waals surface area contributed by atoms with E-state index in [2.05, 4.69) is 9.88 Å². The van der Waals surface area contributed by atoms with Gasteiger partial charge in [0.05, 0.1) is 5.41 Å². The van der Waals surface area contributed by atoms with Crippen LogP contribution >= 0.6 is 11.6 Å². The van der Waals surface area contributed by atoms with Crippen molar-refractivity contribution in [3.8, 4) is 0 Å². The number of hydrogen-bond acceptors (Lipinski definition) is 3. The van der Waals surface area contributed by atoms with Gasteiger partial charge in [-0.1, -0.05) is 48.7 Å². The molecular formula is C24H25ClN2O2. The number of carbonyl (C=O) groups is 1. The lowest BCUT2D eigenvalue weighted by molar-refractivity contribution is -0.138. The number of piperidine rings is 1. The molecule has 3 aromatic rings. The Bertz CT molecular complexity index is 980. The van der Waals surface area contributed by atoms with Gasteiger partial charge in [-0.2, -0.15) is 0 Å². The summed E-state index contributed by atoms with van der Waals surface area (Å²) < 4.78 is 5.98. The molecule has 5 rings (SSSR count). The maximum atomic E-state index is 13.6. The fraction of sp³-hybridized carbons (Fsp3) is 0.417. The van der Waals surface area contributed by atoms with E-state index in [-0.39, 0.29) is 17.2 Å². The summed E-state index contributed by atoms with van der Waals surface area (Å²) in [6.45, 7) is 1.52. The lowest BCUT2D eigenvalue weighted by Crippen LogP contribution is -2.48. The minimum absolute atomic E-state index is 0.279. The zero-order chi connectivity index (χ0) is 19.8. The van der Waals surface area contributed by atoms with Gasteiger partial charge in [0, 0.05) is 24.0 Å². The van der Waals surface area contributed by atoms with Crippen molar-refractivity contribution in [2.45, 2.75) is 49.9 Å². The van der Waals surface area contributed by atoms with Crippen LogP contribution in [0.2, 0.25) is 5.02 Å². The SMILES string of the molecule is O=C(N1CCC(c2nc3ccccc3o2)CC1)C1(c2ccc(Cl)cc2)CCCC1. The van der Waals surface area contributed by atoms with Crippen LogP contribution in [-0.2, 0) is 10.2 Å². The Hall–Kier alpha value is -2.33. The zero-order valence-corrected chi connectivity index (χ0v) is 17.2. The van der Waals surface area contributed by atoms with Crippen molar-refractivity contribution in [1.82, 2.24) is 9.88 Å². The Morgan fingerprint density at radius 2 is 1.72 bits per heavy atom. The largest absolute Gasteiger partial charge is 0.440 e. The van der Waals surface area contributed by atoms with Gasteiger partial charge in [-0.3, -0.25) is 4.79 Å². The van der Waals surface area contributed by atoms with E-state index in [1.165, 1.54) is 0 Å². The van der Waals surface area contributed by atoms with Crippen molar-refractivity contribution in [2.24, 2.45) is 0 Å². The number of para-hydroxylation sites is 2. The zero-order valence-electron chi connectivity index (χ0n) is 16.4. The highest BCUT2D eigenvalue weighted by Crippen LogP contribution is 2.44. The molecule has 1 aliphatic heterocycles. The molecule has 29 heavy (non-hydrogen) atoms. The summed E-state index contributed by atoms with van der Waals surface area (Å²) in [5.41, 5.74) is 2.49. The Labute approximate surface area is 175 Å². The van der Waals surface area contributed by atoms with Gasteiger partial charge in [-0.05, 0) is 55.5 Å². The molecule has 2 heterocycles. The number of fused-ring (bicyclic) bond motifs is 1. The highest BCUT2D eigenvalue weighted by Gasteiger charge is 2.45. The van der Waals surface area contributed by atoms with E-state index in [1.807, 2.05) is 48.5 Å². The number of amides is 1. The van der Waals surface area contributed by atoms with Gasteiger partial charge in [-0.15, -0.1) is 0 Å². The lowest BCUT2D eigenvalue weighted by atomic mass is 9.77. The van der Waals surface area contributed by atoms with Crippen LogP contribution in [0.4, 0.5) is 0 Å². The van der Waals surface area contributed by atoms with Crippen molar-refractivity contribution >= 4 is 28.6 Å². The van der Waals surface area contributed by atoms with Gasteiger partial charge in [0.25, 0.3) is 0 Å². The molecule has 0 unspecified atom stereocenters. The molecule has 1 saturated carbocycles. The van der Waals surface area contributed by atoms with Crippen LogP contribution in [0.25, 0.3) is 11.1 Å². The third-order valence-electron chi connectivity index (χ3n) is 6.71. The molecule has 0 bridgehead atoms. The second-order valence-electron chi connectivity index (χ2n) is 8.38. The average molecular weight is 409 g/mol. The molecule has 0 radical (unpaired) electrons. The number of oxazole rings is 1. The van der Waals surface area contributed by atoms with Crippen LogP contribution in [0.15, 0.2) is 52.9 Å². The molecule has 2 aliphatic rings. The molecule has 1 saturated heterocycles. The number of halogens is 1. The van der Waals surface area contributed by atoms with Gasteiger partial charge in [0.1, 0.15) is 5.52 Å². The number of nitrogens with zero attached hydrogens (tertiary/aromatic N) is 2. The molecule has 0 spiro atoms. The third-order valence-corrected chi connectivity index (χ3v) is 6.96. The second kappa shape index (κ2) is 7.49. The maximum Gasteiger partial charge on any atom is 0.233 e. The lowest BCUT2D eigenvalue weighted by Gasteiger charge is -2.38.